The zero-order chi connectivity index (χ0) is 29.1. The van der Waals surface area contributed by atoms with Crippen LogP contribution < -0.4 is 15.0 Å². The first kappa shape index (κ1) is 27.8. The maximum absolute atomic E-state index is 12.9. The molecule has 4 aromatic carbocycles. The molecule has 4 aromatic rings. The fraction of sp³-hybridized carbons (Fsp3) is 0.188. The van der Waals surface area contributed by atoms with Crippen LogP contribution in [0.15, 0.2) is 91.0 Å². The van der Waals surface area contributed by atoms with Gasteiger partial charge in [-0.15, -0.1) is 0 Å². The third-order valence-electron chi connectivity index (χ3n) is 7.06. The molecule has 0 saturated heterocycles. The summed E-state index contributed by atoms with van der Waals surface area (Å²) in [6, 6.07) is 24.0. The van der Waals surface area contributed by atoms with Gasteiger partial charge in [0.05, 0.1) is 29.4 Å². The van der Waals surface area contributed by atoms with E-state index in [1.807, 2.05) is 36.4 Å². The van der Waals surface area contributed by atoms with Gasteiger partial charge in [0.15, 0.2) is 0 Å². The standard InChI is InChI=1S/C32H27F3N2O4/c1-20(22-10-13-25(14-11-22)32(33,34)35)36-30(38)24-12-15-28-29(18-24)41-17-16-37(28)19-21-6-8-23(9-7-21)26-4-2-3-5-27(26)31(39)40/h2-15,18,20H,16-17,19H2,1H3,(H,36,38)(H,39,40)/t20-/m0/s1. The van der Waals surface area contributed by atoms with Crippen LogP contribution in [0.3, 0.4) is 0 Å². The zero-order valence-electron chi connectivity index (χ0n) is 22.1. The third-order valence-corrected chi connectivity index (χ3v) is 7.06. The van der Waals surface area contributed by atoms with Gasteiger partial charge in [0.25, 0.3) is 5.91 Å². The Kier molecular flexibility index (Phi) is 7.70. The summed E-state index contributed by atoms with van der Waals surface area (Å²) in [4.78, 5) is 26.7. The monoisotopic (exact) mass is 560 g/mol. The number of nitrogens with one attached hydrogen (secondary N) is 1. The SMILES string of the molecule is C[C@H](NC(=O)c1ccc2c(c1)OCCN2Cc1ccc(-c2ccccc2C(=O)O)cc1)c1ccc(C(F)(F)F)cc1. The molecule has 1 aliphatic heterocycles. The summed E-state index contributed by atoms with van der Waals surface area (Å²) < 4.78 is 44.4. The first-order valence-electron chi connectivity index (χ1n) is 13.0. The Balaban J connectivity index is 1.27. The van der Waals surface area contributed by atoms with Crippen molar-refractivity contribution >= 4 is 17.6 Å². The van der Waals surface area contributed by atoms with E-state index < -0.39 is 23.8 Å². The topological polar surface area (TPSA) is 78.9 Å². The third kappa shape index (κ3) is 6.19. The number of amides is 1. The number of fused-ring (bicyclic) bond motifs is 1. The van der Waals surface area contributed by atoms with Crippen molar-refractivity contribution in [2.45, 2.75) is 25.7 Å². The fourth-order valence-electron chi connectivity index (χ4n) is 4.84. The number of hydrogen-bond acceptors (Lipinski definition) is 4. The molecule has 6 nitrogen and oxygen atoms in total. The highest BCUT2D eigenvalue weighted by atomic mass is 19.4. The second kappa shape index (κ2) is 11.4. The molecule has 41 heavy (non-hydrogen) atoms. The smallest absolute Gasteiger partial charge is 0.416 e. The second-order valence-electron chi connectivity index (χ2n) is 9.82. The molecule has 0 bridgehead atoms. The molecular formula is C32H27F3N2O4. The minimum absolute atomic E-state index is 0.246. The Labute approximate surface area is 235 Å². The zero-order valence-corrected chi connectivity index (χ0v) is 22.1. The predicted molar refractivity (Wildman–Crippen MR) is 149 cm³/mol. The number of ether oxygens (including phenoxy) is 1. The van der Waals surface area contributed by atoms with Crippen LogP contribution in [0.5, 0.6) is 5.75 Å². The average molecular weight is 561 g/mol. The van der Waals surface area contributed by atoms with E-state index in [1.165, 1.54) is 12.1 Å². The van der Waals surface area contributed by atoms with Crippen LogP contribution in [0, 0.1) is 0 Å². The number of alkyl halides is 3. The molecule has 0 saturated carbocycles. The summed E-state index contributed by atoms with van der Waals surface area (Å²) in [5.74, 6) is -0.770. The van der Waals surface area contributed by atoms with Crippen molar-refractivity contribution in [2.75, 3.05) is 18.1 Å². The molecule has 210 valence electrons. The van der Waals surface area contributed by atoms with Gasteiger partial charge in [-0.25, -0.2) is 4.79 Å². The average Bonchev–Trinajstić information content (AvgIpc) is 2.97. The van der Waals surface area contributed by atoms with Crippen molar-refractivity contribution in [3.63, 3.8) is 0 Å². The summed E-state index contributed by atoms with van der Waals surface area (Å²) in [6.07, 6.45) is -4.42. The van der Waals surface area contributed by atoms with Gasteiger partial charge in [-0.05, 0) is 65.6 Å². The molecule has 0 spiro atoms. The van der Waals surface area contributed by atoms with Crippen molar-refractivity contribution in [2.24, 2.45) is 0 Å². The van der Waals surface area contributed by atoms with Crippen molar-refractivity contribution < 1.29 is 32.6 Å². The number of aromatic carboxylic acids is 1. The largest absolute Gasteiger partial charge is 0.490 e. The molecule has 0 fully saturated rings. The Morgan fingerprint density at radius 1 is 0.976 bits per heavy atom. The van der Waals surface area contributed by atoms with E-state index in [4.69, 9.17) is 4.74 Å². The fourth-order valence-corrected chi connectivity index (χ4v) is 4.84. The number of nitrogens with zero attached hydrogens (tertiary/aromatic N) is 1. The summed E-state index contributed by atoms with van der Waals surface area (Å²) >= 11 is 0. The van der Waals surface area contributed by atoms with Crippen LogP contribution in [-0.4, -0.2) is 30.1 Å². The van der Waals surface area contributed by atoms with Crippen LogP contribution in [0.2, 0.25) is 0 Å². The lowest BCUT2D eigenvalue weighted by molar-refractivity contribution is -0.137. The van der Waals surface area contributed by atoms with Crippen LogP contribution in [-0.2, 0) is 12.7 Å². The van der Waals surface area contributed by atoms with E-state index in [-0.39, 0.29) is 11.5 Å². The molecule has 0 unspecified atom stereocenters. The molecule has 0 aliphatic carbocycles. The molecule has 0 radical (unpaired) electrons. The normalized spacial score (nSPS) is 13.6. The van der Waals surface area contributed by atoms with Crippen molar-refractivity contribution in [1.82, 2.24) is 5.32 Å². The molecule has 9 heteroatoms. The summed E-state index contributed by atoms with van der Waals surface area (Å²) in [7, 11) is 0. The number of rotatable bonds is 7. The highest BCUT2D eigenvalue weighted by molar-refractivity contribution is 5.96. The number of carbonyl (C=O) groups excluding carboxylic acids is 1. The van der Waals surface area contributed by atoms with Crippen molar-refractivity contribution in [3.05, 3.63) is 119 Å². The predicted octanol–water partition coefficient (Wildman–Crippen LogP) is 6.96. The molecule has 2 N–H and O–H groups in total. The molecule has 1 amide bonds. The van der Waals surface area contributed by atoms with E-state index in [0.717, 1.165) is 28.9 Å². The highest BCUT2D eigenvalue weighted by Crippen LogP contribution is 2.34. The molecule has 5 rings (SSSR count). The number of benzene rings is 4. The second-order valence-corrected chi connectivity index (χ2v) is 9.82. The maximum Gasteiger partial charge on any atom is 0.416 e. The minimum Gasteiger partial charge on any atom is -0.490 e. The summed E-state index contributed by atoms with van der Waals surface area (Å²) in [6.45, 7) is 3.38. The Morgan fingerprint density at radius 3 is 2.37 bits per heavy atom. The van der Waals surface area contributed by atoms with Gasteiger partial charge in [-0.3, -0.25) is 4.79 Å². The van der Waals surface area contributed by atoms with E-state index in [0.29, 0.717) is 42.1 Å². The van der Waals surface area contributed by atoms with Gasteiger partial charge in [0.2, 0.25) is 0 Å². The maximum atomic E-state index is 12.9. The first-order chi connectivity index (χ1) is 19.6. The number of halogens is 3. The van der Waals surface area contributed by atoms with E-state index >= 15 is 0 Å². The minimum atomic E-state index is -4.42. The number of anilines is 1. The van der Waals surface area contributed by atoms with Gasteiger partial charge in [-0.1, -0.05) is 54.6 Å². The van der Waals surface area contributed by atoms with E-state index in [1.54, 1.807) is 37.3 Å². The molecule has 0 aromatic heterocycles. The number of carboxylic acids is 1. The Hall–Kier alpha value is -4.79. The van der Waals surface area contributed by atoms with Gasteiger partial charge in [-0.2, -0.15) is 13.2 Å². The highest BCUT2D eigenvalue weighted by Gasteiger charge is 2.30. The van der Waals surface area contributed by atoms with Gasteiger partial charge >= 0.3 is 12.1 Å². The van der Waals surface area contributed by atoms with Crippen LogP contribution in [0.4, 0.5) is 18.9 Å². The lowest BCUT2D eigenvalue weighted by atomic mass is 9.98. The number of carbonyl (C=O) groups is 2. The van der Waals surface area contributed by atoms with Crippen LogP contribution in [0.1, 0.15) is 50.4 Å². The molecule has 1 heterocycles. The van der Waals surface area contributed by atoms with Crippen molar-refractivity contribution in [1.29, 1.82) is 0 Å². The molecule has 1 atom stereocenters. The number of hydrogen-bond donors (Lipinski definition) is 2. The Bertz CT molecular complexity index is 1570. The molecular weight excluding hydrogens is 533 g/mol. The summed E-state index contributed by atoms with van der Waals surface area (Å²) in [5, 5.41) is 12.3. The lowest BCUT2D eigenvalue weighted by Crippen LogP contribution is -2.32. The van der Waals surface area contributed by atoms with Gasteiger partial charge < -0.3 is 20.1 Å². The Morgan fingerprint density at radius 2 is 1.68 bits per heavy atom. The first-order valence-corrected chi connectivity index (χ1v) is 13.0. The quantitative estimate of drug-likeness (QED) is 0.256. The number of carboxylic acid groups (broad SMARTS) is 1. The van der Waals surface area contributed by atoms with Crippen LogP contribution >= 0.6 is 0 Å². The van der Waals surface area contributed by atoms with Gasteiger partial charge in [0.1, 0.15) is 12.4 Å². The lowest BCUT2D eigenvalue weighted by Gasteiger charge is -2.31. The van der Waals surface area contributed by atoms with Crippen molar-refractivity contribution in [3.8, 4) is 16.9 Å². The van der Waals surface area contributed by atoms with Gasteiger partial charge in [0, 0.05) is 12.1 Å². The molecule has 1 aliphatic rings. The van der Waals surface area contributed by atoms with E-state index in [9.17, 15) is 27.9 Å². The van der Waals surface area contributed by atoms with Crippen LogP contribution in [0.25, 0.3) is 11.1 Å². The van der Waals surface area contributed by atoms with E-state index in [2.05, 4.69) is 10.2 Å². The summed E-state index contributed by atoms with van der Waals surface area (Å²) in [5.41, 5.74) is 3.78.